The van der Waals surface area contributed by atoms with E-state index in [-0.39, 0.29) is 11.7 Å². The van der Waals surface area contributed by atoms with Crippen LogP contribution in [0.5, 0.6) is 0 Å². The van der Waals surface area contributed by atoms with Crippen LogP contribution < -0.4 is 0 Å². The Hall–Kier alpha value is 0.210. The van der Waals surface area contributed by atoms with Gasteiger partial charge in [0.15, 0.2) is 6.29 Å². The van der Waals surface area contributed by atoms with Crippen LogP contribution in [0.4, 0.5) is 0 Å². The molecule has 0 heterocycles. The molecule has 0 N–H and O–H groups in total. The molecule has 0 aromatic heterocycles. The maximum absolute atomic E-state index is 6.32. The second kappa shape index (κ2) is 13.6. The zero-order chi connectivity index (χ0) is 13.6. The molecule has 0 aliphatic heterocycles. The Morgan fingerprint density at radius 2 is 1.28 bits per heavy atom. The molecule has 110 valence electrons. The molecule has 0 amide bonds. The number of halogens is 1. The van der Waals surface area contributed by atoms with Crippen LogP contribution in [0, 0.1) is 0 Å². The van der Waals surface area contributed by atoms with Crippen molar-refractivity contribution in [2.24, 2.45) is 0 Å². The van der Waals surface area contributed by atoms with Gasteiger partial charge in [0.25, 0.3) is 0 Å². The molecule has 1 atom stereocenters. The van der Waals surface area contributed by atoms with Gasteiger partial charge in [-0.2, -0.15) is 0 Å². The van der Waals surface area contributed by atoms with E-state index in [2.05, 4.69) is 6.92 Å². The Kier molecular flexibility index (Phi) is 13.8. The fraction of sp³-hybridized carbons (Fsp3) is 1.00. The average molecular weight is 279 g/mol. The van der Waals surface area contributed by atoms with E-state index < -0.39 is 0 Å². The second-order valence-electron chi connectivity index (χ2n) is 4.71. The number of hydrogen-bond acceptors (Lipinski definition) is 2. The lowest BCUT2D eigenvalue weighted by Gasteiger charge is -2.21. The van der Waals surface area contributed by atoms with Gasteiger partial charge < -0.3 is 9.47 Å². The van der Waals surface area contributed by atoms with Crippen molar-refractivity contribution in [2.45, 2.75) is 83.8 Å². The van der Waals surface area contributed by atoms with Crippen LogP contribution in [-0.2, 0) is 9.47 Å². The van der Waals surface area contributed by atoms with Gasteiger partial charge in [0.05, 0.1) is 5.38 Å². The highest BCUT2D eigenvalue weighted by atomic mass is 35.5. The molecule has 0 aromatic rings. The average Bonchev–Trinajstić information content (AvgIpc) is 2.37. The van der Waals surface area contributed by atoms with Crippen molar-refractivity contribution in [2.75, 3.05) is 13.2 Å². The largest absolute Gasteiger partial charge is 0.351 e. The van der Waals surface area contributed by atoms with Gasteiger partial charge in [-0.15, -0.1) is 11.6 Å². The minimum absolute atomic E-state index is 0.0134. The third-order valence-electron chi connectivity index (χ3n) is 3.04. The molecule has 0 aromatic carbocycles. The summed E-state index contributed by atoms with van der Waals surface area (Å²) in [5, 5.41) is -0.0134. The van der Waals surface area contributed by atoms with Crippen molar-refractivity contribution >= 4 is 11.6 Å². The summed E-state index contributed by atoms with van der Waals surface area (Å²) in [5.74, 6) is 0. The van der Waals surface area contributed by atoms with Crippen molar-refractivity contribution < 1.29 is 9.47 Å². The zero-order valence-corrected chi connectivity index (χ0v) is 13.2. The van der Waals surface area contributed by atoms with E-state index in [0.29, 0.717) is 13.2 Å². The summed E-state index contributed by atoms with van der Waals surface area (Å²) in [7, 11) is 0. The van der Waals surface area contributed by atoms with Crippen molar-refractivity contribution in [1.29, 1.82) is 0 Å². The Bertz CT molecular complexity index is 159. The first-order chi connectivity index (χ1) is 8.76. The van der Waals surface area contributed by atoms with Gasteiger partial charge in [-0.3, -0.25) is 0 Å². The second-order valence-corrected chi connectivity index (χ2v) is 5.27. The van der Waals surface area contributed by atoms with E-state index in [1.807, 2.05) is 13.8 Å². The summed E-state index contributed by atoms with van der Waals surface area (Å²) >= 11 is 6.32. The normalized spacial score (nSPS) is 13.2. The monoisotopic (exact) mass is 278 g/mol. The molecule has 0 fully saturated rings. The number of rotatable bonds is 13. The summed E-state index contributed by atoms with van der Waals surface area (Å²) in [6.45, 7) is 7.52. The lowest BCUT2D eigenvalue weighted by molar-refractivity contribution is -0.137. The summed E-state index contributed by atoms with van der Waals surface area (Å²) in [6.07, 6.45) is 9.96. The molecule has 2 nitrogen and oxygen atoms in total. The summed E-state index contributed by atoms with van der Waals surface area (Å²) in [4.78, 5) is 0. The van der Waals surface area contributed by atoms with Crippen LogP contribution in [0.2, 0.25) is 0 Å². The predicted molar refractivity (Wildman–Crippen MR) is 79.3 cm³/mol. The van der Waals surface area contributed by atoms with E-state index in [1.165, 1.54) is 44.9 Å². The Labute approximate surface area is 118 Å². The Morgan fingerprint density at radius 3 is 1.78 bits per heavy atom. The van der Waals surface area contributed by atoms with Crippen LogP contribution >= 0.6 is 11.6 Å². The standard InChI is InChI=1S/C15H31ClO2/c1-4-7-8-9-10-11-12-13-14(16)15(17-5-2)18-6-3/h14-15H,4-13H2,1-3H3. The summed E-state index contributed by atoms with van der Waals surface area (Å²) in [6, 6.07) is 0. The van der Waals surface area contributed by atoms with E-state index in [1.54, 1.807) is 0 Å². The maximum atomic E-state index is 6.32. The molecule has 1 unspecified atom stereocenters. The highest BCUT2D eigenvalue weighted by molar-refractivity contribution is 6.20. The molecule has 0 saturated heterocycles. The van der Waals surface area contributed by atoms with E-state index in [4.69, 9.17) is 21.1 Å². The van der Waals surface area contributed by atoms with Crippen LogP contribution in [0.1, 0.15) is 72.1 Å². The molecule has 0 saturated carbocycles. The summed E-state index contributed by atoms with van der Waals surface area (Å²) < 4.78 is 11.0. The molecular weight excluding hydrogens is 248 g/mol. The lowest BCUT2D eigenvalue weighted by Crippen LogP contribution is -2.28. The number of hydrogen-bond donors (Lipinski definition) is 0. The molecule has 0 rings (SSSR count). The molecule has 0 radical (unpaired) electrons. The van der Waals surface area contributed by atoms with Gasteiger partial charge >= 0.3 is 0 Å². The smallest absolute Gasteiger partial charge is 0.173 e. The van der Waals surface area contributed by atoms with Gasteiger partial charge in [0.1, 0.15) is 0 Å². The minimum Gasteiger partial charge on any atom is -0.351 e. The number of alkyl halides is 1. The lowest BCUT2D eigenvalue weighted by atomic mass is 10.1. The molecule has 0 aliphatic carbocycles. The molecule has 0 bridgehead atoms. The third-order valence-corrected chi connectivity index (χ3v) is 3.46. The van der Waals surface area contributed by atoms with Crippen LogP contribution in [0.15, 0.2) is 0 Å². The molecule has 3 heteroatoms. The van der Waals surface area contributed by atoms with Gasteiger partial charge in [0, 0.05) is 13.2 Å². The molecule has 18 heavy (non-hydrogen) atoms. The predicted octanol–water partition coefficient (Wildman–Crippen LogP) is 5.13. The van der Waals surface area contributed by atoms with E-state index >= 15 is 0 Å². The van der Waals surface area contributed by atoms with Crippen LogP contribution in [0.25, 0.3) is 0 Å². The fourth-order valence-corrected chi connectivity index (χ4v) is 2.32. The van der Waals surface area contributed by atoms with E-state index in [0.717, 1.165) is 6.42 Å². The van der Waals surface area contributed by atoms with Crippen molar-refractivity contribution in [1.82, 2.24) is 0 Å². The first-order valence-corrected chi connectivity index (χ1v) is 8.07. The van der Waals surface area contributed by atoms with Crippen molar-refractivity contribution in [3.05, 3.63) is 0 Å². The topological polar surface area (TPSA) is 18.5 Å². The quantitative estimate of drug-likeness (QED) is 0.264. The zero-order valence-electron chi connectivity index (χ0n) is 12.4. The van der Waals surface area contributed by atoms with Gasteiger partial charge in [0.2, 0.25) is 0 Å². The molecular formula is C15H31ClO2. The highest BCUT2D eigenvalue weighted by Gasteiger charge is 2.19. The first-order valence-electron chi connectivity index (χ1n) is 7.63. The highest BCUT2D eigenvalue weighted by Crippen LogP contribution is 2.17. The third kappa shape index (κ3) is 10.2. The van der Waals surface area contributed by atoms with E-state index in [9.17, 15) is 0 Å². The van der Waals surface area contributed by atoms with Crippen molar-refractivity contribution in [3.8, 4) is 0 Å². The summed E-state index contributed by atoms with van der Waals surface area (Å²) in [5.41, 5.74) is 0. The maximum Gasteiger partial charge on any atom is 0.173 e. The van der Waals surface area contributed by atoms with Crippen molar-refractivity contribution in [3.63, 3.8) is 0 Å². The first kappa shape index (κ1) is 18.2. The van der Waals surface area contributed by atoms with Crippen LogP contribution in [-0.4, -0.2) is 24.9 Å². The number of ether oxygens (including phenoxy) is 2. The van der Waals surface area contributed by atoms with Crippen LogP contribution in [0.3, 0.4) is 0 Å². The molecule has 0 aliphatic rings. The fourth-order valence-electron chi connectivity index (χ4n) is 2.02. The minimum atomic E-state index is -0.234. The SMILES string of the molecule is CCCCCCCCCC(Cl)C(OCC)OCC. The Balaban J connectivity index is 3.51. The van der Waals surface area contributed by atoms with Gasteiger partial charge in [-0.25, -0.2) is 0 Å². The number of unbranched alkanes of at least 4 members (excludes halogenated alkanes) is 6. The van der Waals surface area contributed by atoms with Gasteiger partial charge in [-0.05, 0) is 20.3 Å². The Morgan fingerprint density at radius 1 is 0.778 bits per heavy atom. The van der Waals surface area contributed by atoms with Gasteiger partial charge in [-0.1, -0.05) is 51.9 Å². The molecule has 0 spiro atoms.